The molecule has 0 fully saturated rings. The lowest BCUT2D eigenvalue weighted by atomic mass is 10.0. The van der Waals surface area contributed by atoms with Gasteiger partial charge in [0.05, 0.1) is 24.8 Å². The van der Waals surface area contributed by atoms with Gasteiger partial charge in [0.1, 0.15) is 11.8 Å². The number of hydrazine groups is 1. The van der Waals surface area contributed by atoms with Gasteiger partial charge < -0.3 is 9.15 Å². The first-order valence-corrected chi connectivity index (χ1v) is 11.7. The van der Waals surface area contributed by atoms with E-state index in [1.165, 1.54) is 11.3 Å². The van der Waals surface area contributed by atoms with Gasteiger partial charge in [-0.15, -0.1) is 0 Å². The number of hydrogen-bond acceptors (Lipinski definition) is 6. The first-order valence-electron chi connectivity index (χ1n) is 10.0. The number of anilines is 1. The second-order valence-corrected chi connectivity index (χ2v) is 9.13. The second kappa shape index (κ2) is 8.80. The third-order valence-corrected chi connectivity index (χ3v) is 6.41. The monoisotopic (exact) mass is 453 g/mol. The summed E-state index contributed by atoms with van der Waals surface area (Å²) >= 11 is 0. The average Bonchev–Trinajstić information content (AvgIpc) is 3.49. The van der Waals surface area contributed by atoms with Gasteiger partial charge in [0.2, 0.25) is 10.0 Å². The zero-order valence-electron chi connectivity index (χ0n) is 17.6. The van der Waals surface area contributed by atoms with E-state index in [-0.39, 0.29) is 17.4 Å². The van der Waals surface area contributed by atoms with E-state index in [0.717, 1.165) is 11.1 Å². The van der Waals surface area contributed by atoms with Gasteiger partial charge in [-0.05, 0) is 48.9 Å². The zero-order chi connectivity index (χ0) is 22.7. The van der Waals surface area contributed by atoms with Crippen LogP contribution in [0.3, 0.4) is 0 Å². The van der Waals surface area contributed by atoms with Crippen molar-refractivity contribution < 1.29 is 22.4 Å². The maximum Gasteiger partial charge on any atom is 0.308 e. The first-order chi connectivity index (χ1) is 15.4. The number of sulfonamides is 1. The van der Waals surface area contributed by atoms with Crippen LogP contribution in [-0.4, -0.2) is 32.2 Å². The number of carbonyl (C=O) groups is 1. The fourth-order valence-corrected chi connectivity index (χ4v) is 4.07. The van der Waals surface area contributed by atoms with E-state index in [1.54, 1.807) is 50.4 Å². The minimum absolute atomic E-state index is 0.00804. The third kappa shape index (κ3) is 4.33. The Morgan fingerprint density at radius 1 is 1.12 bits per heavy atom. The van der Waals surface area contributed by atoms with Crippen molar-refractivity contribution in [1.29, 1.82) is 0 Å². The van der Waals surface area contributed by atoms with Gasteiger partial charge in [-0.25, -0.2) is 13.4 Å². The molecular weight excluding hydrogens is 430 g/mol. The summed E-state index contributed by atoms with van der Waals surface area (Å²) in [6.07, 6.45) is 3.37. The molecular formula is C23H23N3O5S. The van der Waals surface area contributed by atoms with Gasteiger partial charge in [-0.3, -0.25) is 14.9 Å². The van der Waals surface area contributed by atoms with E-state index in [1.807, 2.05) is 30.3 Å². The maximum atomic E-state index is 13.1. The van der Waals surface area contributed by atoms with Crippen LogP contribution in [0.1, 0.15) is 34.6 Å². The molecule has 3 aromatic rings. The maximum absolute atomic E-state index is 13.1. The van der Waals surface area contributed by atoms with Gasteiger partial charge in [0.15, 0.2) is 5.76 Å². The van der Waals surface area contributed by atoms with Gasteiger partial charge >= 0.3 is 5.91 Å². The molecule has 4 rings (SSSR count). The molecule has 0 saturated heterocycles. The molecule has 1 unspecified atom stereocenters. The van der Waals surface area contributed by atoms with Crippen LogP contribution >= 0.6 is 0 Å². The van der Waals surface area contributed by atoms with Gasteiger partial charge in [-0.2, -0.15) is 0 Å². The fourth-order valence-electron chi connectivity index (χ4n) is 3.44. The number of carbonyl (C=O) groups excluding carboxylic acids is 1. The van der Waals surface area contributed by atoms with Crippen molar-refractivity contribution in [2.45, 2.75) is 13.0 Å². The number of nitrogens with one attached hydrogen (secondary N) is 2. The van der Waals surface area contributed by atoms with Crippen LogP contribution in [0.4, 0.5) is 5.69 Å². The van der Waals surface area contributed by atoms with Gasteiger partial charge in [0.25, 0.3) is 0 Å². The standard InChI is InChI=1S/C23H23N3O5S/c1-3-32(28,29)25-17-12-10-16(11-13-17)19-15-20(18-7-4-5-8-21(18)30-2)26(24-19)23(27)22-9-6-14-31-22/h4-15,20,24-25H,3H2,1-2H3. The number of amides is 1. The Morgan fingerprint density at radius 2 is 1.88 bits per heavy atom. The molecule has 1 aliphatic heterocycles. The summed E-state index contributed by atoms with van der Waals surface area (Å²) in [6.45, 7) is 1.58. The van der Waals surface area contributed by atoms with E-state index in [0.29, 0.717) is 17.1 Å². The van der Waals surface area contributed by atoms with Crippen LogP contribution < -0.4 is 14.9 Å². The Kier molecular flexibility index (Phi) is 5.91. The van der Waals surface area contributed by atoms with Crippen molar-refractivity contribution in [2.24, 2.45) is 0 Å². The molecule has 9 heteroatoms. The van der Waals surface area contributed by atoms with E-state index < -0.39 is 16.1 Å². The molecule has 1 amide bonds. The number of methoxy groups -OCH3 is 1. The zero-order valence-corrected chi connectivity index (χ0v) is 18.4. The largest absolute Gasteiger partial charge is 0.496 e. The predicted octanol–water partition coefficient (Wildman–Crippen LogP) is 3.79. The molecule has 0 aliphatic carbocycles. The minimum Gasteiger partial charge on any atom is -0.496 e. The summed E-state index contributed by atoms with van der Waals surface area (Å²) in [5.41, 5.74) is 5.94. The van der Waals surface area contributed by atoms with Crippen molar-refractivity contribution in [1.82, 2.24) is 10.4 Å². The van der Waals surface area contributed by atoms with E-state index in [9.17, 15) is 13.2 Å². The van der Waals surface area contributed by atoms with E-state index >= 15 is 0 Å². The van der Waals surface area contributed by atoms with E-state index in [2.05, 4.69) is 10.1 Å². The Balaban J connectivity index is 1.68. The number of nitrogens with zero attached hydrogens (tertiary/aromatic N) is 1. The SMILES string of the molecule is CCS(=O)(=O)Nc1ccc(C2=CC(c3ccccc3OC)N(C(=O)c3ccco3)N2)cc1. The first kappa shape index (κ1) is 21.5. The van der Waals surface area contributed by atoms with Crippen molar-refractivity contribution in [2.75, 3.05) is 17.6 Å². The number of rotatable bonds is 7. The molecule has 166 valence electrons. The Bertz CT molecular complexity index is 1230. The third-order valence-electron chi connectivity index (χ3n) is 5.10. The Morgan fingerprint density at radius 3 is 2.53 bits per heavy atom. The van der Waals surface area contributed by atoms with Crippen molar-refractivity contribution >= 4 is 27.3 Å². The molecule has 0 saturated carbocycles. The molecule has 0 radical (unpaired) electrons. The minimum atomic E-state index is -3.36. The summed E-state index contributed by atoms with van der Waals surface area (Å²) in [7, 11) is -1.78. The van der Waals surface area contributed by atoms with Gasteiger partial charge in [0, 0.05) is 11.3 Å². The van der Waals surface area contributed by atoms with Crippen molar-refractivity contribution in [3.05, 3.63) is 89.9 Å². The Labute approximate surface area is 186 Å². The topological polar surface area (TPSA) is 101 Å². The number of furan rings is 1. The molecule has 1 aliphatic rings. The lowest BCUT2D eigenvalue weighted by molar-refractivity contribution is 0.0638. The number of ether oxygens (including phenoxy) is 1. The molecule has 1 atom stereocenters. The molecule has 8 nitrogen and oxygen atoms in total. The smallest absolute Gasteiger partial charge is 0.308 e. The summed E-state index contributed by atoms with van der Waals surface area (Å²) in [6, 6.07) is 17.2. The predicted molar refractivity (Wildman–Crippen MR) is 121 cm³/mol. The number of benzene rings is 2. The molecule has 2 aromatic carbocycles. The van der Waals surface area contributed by atoms with Crippen LogP contribution in [0.2, 0.25) is 0 Å². The van der Waals surface area contributed by atoms with Crippen LogP contribution in [-0.2, 0) is 10.0 Å². The summed E-state index contributed by atoms with van der Waals surface area (Å²) in [5, 5.41) is 1.49. The van der Waals surface area contributed by atoms with Crippen LogP contribution in [0.5, 0.6) is 5.75 Å². The summed E-state index contributed by atoms with van der Waals surface area (Å²) in [4.78, 5) is 13.1. The van der Waals surface area contributed by atoms with Crippen LogP contribution in [0.15, 0.2) is 77.4 Å². The quantitative estimate of drug-likeness (QED) is 0.565. The average molecular weight is 454 g/mol. The highest BCUT2D eigenvalue weighted by molar-refractivity contribution is 7.92. The van der Waals surface area contributed by atoms with Crippen LogP contribution in [0.25, 0.3) is 5.70 Å². The lowest BCUT2D eigenvalue weighted by Gasteiger charge is -2.25. The van der Waals surface area contributed by atoms with Crippen LogP contribution in [0, 0.1) is 0 Å². The molecule has 0 bridgehead atoms. The molecule has 0 spiro atoms. The second-order valence-electron chi connectivity index (χ2n) is 7.11. The fraction of sp³-hybridized carbons (Fsp3) is 0.174. The van der Waals surface area contributed by atoms with E-state index in [4.69, 9.17) is 9.15 Å². The highest BCUT2D eigenvalue weighted by Crippen LogP contribution is 2.36. The number of para-hydroxylation sites is 1. The molecule has 2 N–H and O–H groups in total. The lowest BCUT2D eigenvalue weighted by Crippen LogP contribution is -2.39. The van der Waals surface area contributed by atoms with Gasteiger partial charge in [-0.1, -0.05) is 30.3 Å². The van der Waals surface area contributed by atoms with Crippen molar-refractivity contribution in [3.8, 4) is 5.75 Å². The summed E-state index contributed by atoms with van der Waals surface area (Å²) < 4.78 is 36.9. The normalized spacial score (nSPS) is 15.8. The summed E-state index contributed by atoms with van der Waals surface area (Å²) in [5.74, 6) is 0.519. The van der Waals surface area contributed by atoms with Crippen molar-refractivity contribution in [3.63, 3.8) is 0 Å². The Hall–Kier alpha value is -3.72. The molecule has 1 aromatic heterocycles. The highest BCUT2D eigenvalue weighted by atomic mass is 32.2. The molecule has 2 heterocycles. The highest BCUT2D eigenvalue weighted by Gasteiger charge is 2.34. The molecule has 32 heavy (non-hydrogen) atoms. The number of hydrogen-bond donors (Lipinski definition) is 2.